The summed E-state index contributed by atoms with van der Waals surface area (Å²) in [6, 6.07) is 5.37. The molecule has 0 spiro atoms. The maximum absolute atomic E-state index is 9.51. The van der Waals surface area contributed by atoms with Crippen LogP contribution in [0.25, 0.3) is 0 Å². The normalized spacial score (nSPS) is 23.7. The Morgan fingerprint density at radius 1 is 1.27 bits per heavy atom. The van der Waals surface area contributed by atoms with Crippen LogP contribution >= 0.6 is 0 Å². The quantitative estimate of drug-likeness (QED) is 0.722. The molecule has 2 aliphatic heterocycles. The second-order valence-electron chi connectivity index (χ2n) is 7.37. The monoisotopic (exact) mass is 360 g/mol. The fourth-order valence-corrected chi connectivity index (χ4v) is 4.50. The Bertz CT molecular complexity index is 620. The number of aliphatic hydroxyl groups is 1. The fourth-order valence-electron chi connectivity index (χ4n) is 4.50. The van der Waals surface area contributed by atoms with Gasteiger partial charge < -0.3 is 14.6 Å². The van der Waals surface area contributed by atoms with Gasteiger partial charge in [0.2, 0.25) is 0 Å². The van der Waals surface area contributed by atoms with Gasteiger partial charge >= 0.3 is 0 Å². The second-order valence-corrected chi connectivity index (χ2v) is 7.37. The molecule has 1 aromatic rings. The van der Waals surface area contributed by atoms with E-state index in [4.69, 9.17) is 9.47 Å². The summed E-state index contributed by atoms with van der Waals surface area (Å²) in [4.78, 5) is 5.15. The number of hydrogen-bond acceptors (Lipinski definition) is 5. The van der Waals surface area contributed by atoms with Crippen LogP contribution in [0.15, 0.2) is 24.8 Å². The minimum absolute atomic E-state index is 0.243. The maximum atomic E-state index is 9.51. The Morgan fingerprint density at radius 2 is 2.12 bits per heavy atom. The van der Waals surface area contributed by atoms with E-state index in [9.17, 15) is 5.11 Å². The van der Waals surface area contributed by atoms with Crippen molar-refractivity contribution in [3.05, 3.63) is 35.9 Å². The van der Waals surface area contributed by atoms with Gasteiger partial charge in [-0.15, -0.1) is 6.58 Å². The number of nitrogens with zero attached hydrogens (tertiary/aromatic N) is 2. The van der Waals surface area contributed by atoms with E-state index in [1.807, 2.05) is 6.08 Å². The van der Waals surface area contributed by atoms with Gasteiger partial charge in [-0.25, -0.2) is 0 Å². The minimum Gasteiger partial charge on any atom is -0.493 e. The molecular formula is C21H32N2O3. The Kier molecular flexibility index (Phi) is 6.57. The van der Waals surface area contributed by atoms with Crippen molar-refractivity contribution in [1.82, 2.24) is 9.80 Å². The van der Waals surface area contributed by atoms with Crippen molar-refractivity contribution in [3.8, 4) is 11.5 Å². The largest absolute Gasteiger partial charge is 0.493 e. The molecule has 3 rings (SSSR count). The molecule has 0 aromatic heterocycles. The van der Waals surface area contributed by atoms with Gasteiger partial charge in [0.25, 0.3) is 0 Å². The van der Waals surface area contributed by atoms with E-state index < -0.39 is 0 Å². The van der Waals surface area contributed by atoms with Gasteiger partial charge in [0, 0.05) is 43.9 Å². The average Bonchev–Trinajstić information content (AvgIpc) is 3.09. The SMILES string of the molecule is C=CCc1cc(CN2C[C@@H]3CCCN3C[C@@H]2CCO)cc(OC)c1OC. The first kappa shape index (κ1) is 19.2. The predicted octanol–water partition coefficient (Wildman–Crippen LogP) is 2.46. The van der Waals surface area contributed by atoms with Gasteiger partial charge in [-0.3, -0.25) is 9.80 Å². The van der Waals surface area contributed by atoms with Gasteiger partial charge in [0.05, 0.1) is 14.2 Å². The number of piperazine rings is 1. The van der Waals surface area contributed by atoms with Crippen LogP contribution in [0, 0.1) is 0 Å². The van der Waals surface area contributed by atoms with E-state index in [1.54, 1.807) is 14.2 Å². The molecule has 0 saturated carbocycles. The van der Waals surface area contributed by atoms with E-state index in [0.29, 0.717) is 12.1 Å². The highest BCUT2D eigenvalue weighted by Crippen LogP contribution is 2.34. The molecule has 1 N–H and O–H groups in total. The standard InChI is InChI=1S/C21H32N2O3/c1-4-6-17-11-16(12-20(25-2)21(17)26-3)13-23-15-18-7-5-9-22(18)14-19(23)8-10-24/h4,11-12,18-19,24H,1,5-10,13-15H2,2-3H3/t18-,19-/m0/s1. The summed E-state index contributed by atoms with van der Waals surface area (Å²) >= 11 is 0. The molecule has 2 heterocycles. The maximum Gasteiger partial charge on any atom is 0.164 e. The first-order valence-electron chi connectivity index (χ1n) is 9.63. The van der Waals surface area contributed by atoms with Crippen LogP contribution in [0.4, 0.5) is 0 Å². The van der Waals surface area contributed by atoms with Gasteiger partial charge in [-0.2, -0.15) is 0 Å². The van der Waals surface area contributed by atoms with E-state index >= 15 is 0 Å². The van der Waals surface area contributed by atoms with Crippen LogP contribution in [0.2, 0.25) is 0 Å². The van der Waals surface area contributed by atoms with Crippen LogP contribution < -0.4 is 9.47 Å². The molecule has 2 atom stereocenters. The second kappa shape index (κ2) is 8.89. The molecule has 0 bridgehead atoms. The number of allylic oxidation sites excluding steroid dienone is 1. The summed E-state index contributed by atoms with van der Waals surface area (Å²) in [5, 5.41) is 9.51. The first-order chi connectivity index (χ1) is 12.7. The van der Waals surface area contributed by atoms with E-state index in [-0.39, 0.29) is 6.61 Å². The molecule has 0 radical (unpaired) electrons. The van der Waals surface area contributed by atoms with Crippen molar-refractivity contribution in [3.63, 3.8) is 0 Å². The van der Waals surface area contributed by atoms with Crippen molar-refractivity contribution >= 4 is 0 Å². The molecule has 0 unspecified atom stereocenters. The molecule has 5 nitrogen and oxygen atoms in total. The molecule has 0 aliphatic carbocycles. The fraction of sp³-hybridized carbons (Fsp3) is 0.619. The van der Waals surface area contributed by atoms with Crippen LogP contribution in [-0.2, 0) is 13.0 Å². The van der Waals surface area contributed by atoms with Gasteiger partial charge in [0.15, 0.2) is 11.5 Å². The summed E-state index contributed by atoms with van der Waals surface area (Å²) in [5.74, 6) is 1.57. The summed E-state index contributed by atoms with van der Waals surface area (Å²) in [6.45, 7) is 8.34. The zero-order valence-corrected chi connectivity index (χ0v) is 16.1. The molecular weight excluding hydrogens is 328 g/mol. The van der Waals surface area contributed by atoms with Crippen LogP contribution in [0.3, 0.4) is 0 Å². The summed E-state index contributed by atoms with van der Waals surface area (Å²) in [6.07, 6.45) is 6.06. The number of ether oxygens (including phenoxy) is 2. The van der Waals surface area contributed by atoms with E-state index in [2.05, 4.69) is 28.5 Å². The molecule has 2 fully saturated rings. The number of benzene rings is 1. The molecule has 1 aromatic carbocycles. The van der Waals surface area contributed by atoms with Crippen molar-refractivity contribution in [2.45, 2.75) is 44.3 Å². The smallest absolute Gasteiger partial charge is 0.164 e. The van der Waals surface area contributed by atoms with Gasteiger partial charge in [-0.05, 0) is 43.9 Å². The molecule has 2 saturated heterocycles. The molecule has 5 heteroatoms. The zero-order chi connectivity index (χ0) is 18.5. The number of methoxy groups -OCH3 is 2. The summed E-state index contributed by atoms with van der Waals surface area (Å²) in [5.41, 5.74) is 2.34. The molecule has 144 valence electrons. The number of hydrogen-bond donors (Lipinski definition) is 1. The Hall–Kier alpha value is -1.56. The highest BCUT2D eigenvalue weighted by Gasteiger charge is 2.35. The lowest BCUT2D eigenvalue weighted by Gasteiger charge is -2.43. The van der Waals surface area contributed by atoms with Crippen molar-refractivity contribution in [1.29, 1.82) is 0 Å². The number of rotatable bonds is 8. The third-order valence-electron chi connectivity index (χ3n) is 5.73. The van der Waals surface area contributed by atoms with E-state index in [1.165, 1.54) is 24.9 Å². The lowest BCUT2D eigenvalue weighted by Crippen LogP contribution is -2.55. The highest BCUT2D eigenvalue weighted by atomic mass is 16.5. The Labute approximate surface area is 157 Å². The summed E-state index contributed by atoms with van der Waals surface area (Å²) < 4.78 is 11.1. The van der Waals surface area contributed by atoms with E-state index in [0.717, 1.165) is 49.5 Å². The lowest BCUT2D eigenvalue weighted by molar-refractivity contribution is 0.0333. The number of aliphatic hydroxyl groups excluding tert-OH is 1. The molecule has 2 aliphatic rings. The van der Waals surface area contributed by atoms with Crippen molar-refractivity contribution in [2.75, 3.05) is 40.5 Å². The van der Waals surface area contributed by atoms with Crippen LogP contribution in [0.1, 0.15) is 30.4 Å². The zero-order valence-electron chi connectivity index (χ0n) is 16.1. The third kappa shape index (κ3) is 4.05. The van der Waals surface area contributed by atoms with Gasteiger partial charge in [-0.1, -0.05) is 12.1 Å². The predicted molar refractivity (Wildman–Crippen MR) is 104 cm³/mol. The molecule has 0 amide bonds. The Morgan fingerprint density at radius 3 is 2.81 bits per heavy atom. The van der Waals surface area contributed by atoms with Crippen LogP contribution in [0.5, 0.6) is 11.5 Å². The first-order valence-corrected chi connectivity index (χ1v) is 9.63. The summed E-state index contributed by atoms with van der Waals surface area (Å²) in [7, 11) is 3.37. The third-order valence-corrected chi connectivity index (χ3v) is 5.73. The van der Waals surface area contributed by atoms with Crippen molar-refractivity contribution < 1.29 is 14.6 Å². The molecule has 26 heavy (non-hydrogen) atoms. The number of fused-ring (bicyclic) bond motifs is 1. The van der Waals surface area contributed by atoms with Crippen molar-refractivity contribution in [2.24, 2.45) is 0 Å². The lowest BCUT2D eigenvalue weighted by atomic mass is 10.0. The minimum atomic E-state index is 0.243. The average molecular weight is 360 g/mol. The topological polar surface area (TPSA) is 45.2 Å². The highest BCUT2D eigenvalue weighted by molar-refractivity contribution is 5.50. The van der Waals surface area contributed by atoms with Crippen LogP contribution in [-0.4, -0.2) is 67.5 Å². The van der Waals surface area contributed by atoms with Gasteiger partial charge in [0.1, 0.15) is 0 Å². The Balaban J connectivity index is 1.83.